The Labute approximate surface area is 122 Å². The van der Waals surface area contributed by atoms with E-state index >= 15 is 0 Å². The predicted molar refractivity (Wildman–Crippen MR) is 81.0 cm³/mol. The van der Waals surface area contributed by atoms with E-state index in [1.54, 1.807) is 7.11 Å². The Bertz CT molecular complexity index is 384. The van der Waals surface area contributed by atoms with E-state index in [9.17, 15) is 5.11 Å². The molecule has 0 aliphatic rings. The van der Waals surface area contributed by atoms with Gasteiger partial charge in [-0.25, -0.2) is 0 Å². The molecule has 114 valence electrons. The molecule has 0 aliphatic carbocycles. The number of methoxy groups -OCH3 is 1. The Morgan fingerprint density at radius 2 is 1.80 bits per heavy atom. The maximum absolute atomic E-state index is 9.96. The van der Waals surface area contributed by atoms with Crippen LogP contribution in [0.1, 0.15) is 26.3 Å². The number of benzene rings is 1. The maximum Gasteiger partial charge on any atom is 0.118 e. The number of hydrogen-bond acceptors (Lipinski definition) is 4. The van der Waals surface area contributed by atoms with Gasteiger partial charge in [-0.15, -0.1) is 0 Å². The first-order chi connectivity index (χ1) is 9.30. The number of nitrogens with zero attached hydrogens (tertiary/aromatic N) is 1. The molecule has 1 unspecified atom stereocenters. The van der Waals surface area contributed by atoms with Gasteiger partial charge in [0.05, 0.1) is 25.4 Å². The van der Waals surface area contributed by atoms with Crippen LogP contribution in [0.2, 0.25) is 0 Å². The van der Waals surface area contributed by atoms with Crippen molar-refractivity contribution in [3.8, 4) is 5.75 Å². The fraction of sp³-hybridized carbons (Fsp3) is 0.625. The molecule has 1 aromatic rings. The Morgan fingerprint density at radius 1 is 1.20 bits per heavy atom. The van der Waals surface area contributed by atoms with E-state index in [1.165, 1.54) is 5.56 Å². The van der Waals surface area contributed by atoms with Crippen LogP contribution in [0.15, 0.2) is 24.3 Å². The van der Waals surface area contributed by atoms with Gasteiger partial charge in [0.25, 0.3) is 0 Å². The van der Waals surface area contributed by atoms with Gasteiger partial charge in [-0.05, 0) is 45.5 Å². The van der Waals surface area contributed by atoms with Crippen LogP contribution in [-0.4, -0.2) is 49.0 Å². The van der Waals surface area contributed by atoms with Crippen LogP contribution in [0, 0.1) is 0 Å². The molecule has 4 nitrogen and oxygen atoms in total. The molecule has 0 aliphatic heterocycles. The smallest absolute Gasteiger partial charge is 0.118 e. The van der Waals surface area contributed by atoms with Gasteiger partial charge >= 0.3 is 0 Å². The normalized spacial score (nSPS) is 13.6. The molecule has 4 heteroatoms. The van der Waals surface area contributed by atoms with Crippen molar-refractivity contribution in [3.63, 3.8) is 0 Å². The lowest BCUT2D eigenvalue weighted by Gasteiger charge is -2.25. The molecule has 0 aromatic heterocycles. The summed E-state index contributed by atoms with van der Waals surface area (Å²) in [5, 5.41) is 9.96. The van der Waals surface area contributed by atoms with E-state index in [4.69, 9.17) is 9.47 Å². The van der Waals surface area contributed by atoms with Crippen molar-refractivity contribution >= 4 is 0 Å². The van der Waals surface area contributed by atoms with Crippen LogP contribution in [0.4, 0.5) is 0 Å². The summed E-state index contributed by atoms with van der Waals surface area (Å²) in [4.78, 5) is 2.08. The molecule has 1 aromatic carbocycles. The van der Waals surface area contributed by atoms with Crippen LogP contribution in [0.25, 0.3) is 0 Å². The monoisotopic (exact) mass is 281 g/mol. The largest absolute Gasteiger partial charge is 0.497 e. The zero-order chi connectivity index (χ0) is 15.2. The summed E-state index contributed by atoms with van der Waals surface area (Å²) >= 11 is 0. The first-order valence-corrected chi connectivity index (χ1v) is 6.93. The molecule has 0 bridgehead atoms. The Morgan fingerprint density at radius 3 is 2.30 bits per heavy atom. The van der Waals surface area contributed by atoms with Gasteiger partial charge in [0.2, 0.25) is 0 Å². The van der Waals surface area contributed by atoms with Gasteiger partial charge in [-0.2, -0.15) is 0 Å². The van der Waals surface area contributed by atoms with Crippen molar-refractivity contribution in [3.05, 3.63) is 29.8 Å². The molecule has 1 atom stereocenters. The molecule has 0 spiro atoms. The Balaban J connectivity index is 2.36. The lowest BCUT2D eigenvalue weighted by Crippen LogP contribution is -2.34. The van der Waals surface area contributed by atoms with Crippen molar-refractivity contribution in [2.75, 3.05) is 27.3 Å². The summed E-state index contributed by atoms with van der Waals surface area (Å²) in [6, 6.07) is 7.96. The second kappa shape index (κ2) is 7.62. The lowest BCUT2D eigenvalue weighted by molar-refractivity contribution is -0.0550. The number of aliphatic hydroxyl groups excluding tert-OH is 1. The standard InChI is InChI=1S/C16H27NO3/c1-16(2,3)20-12-14(18)11-17(4)10-13-6-8-15(19-5)9-7-13/h6-9,14,18H,10-12H2,1-5H3. The van der Waals surface area contributed by atoms with Crippen LogP contribution in [0.3, 0.4) is 0 Å². The summed E-state index contributed by atoms with van der Waals surface area (Å²) in [6.07, 6.45) is -0.475. The third-order valence-electron chi connectivity index (χ3n) is 2.84. The Hall–Kier alpha value is -1.10. The maximum atomic E-state index is 9.96. The van der Waals surface area contributed by atoms with Crippen molar-refractivity contribution in [2.24, 2.45) is 0 Å². The minimum absolute atomic E-state index is 0.213. The number of hydrogen-bond donors (Lipinski definition) is 1. The molecule has 0 radical (unpaired) electrons. The highest BCUT2D eigenvalue weighted by atomic mass is 16.5. The average Bonchev–Trinajstić information content (AvgIpc) is 2.36. The van der Waals surface area contributed by atoms with E-state index in [1.807, 2.05) is 52.1 Å². The van der Waals surface area contributed by atoms with Crippen LogP contribution < -0.4 is 4.74 Å². The minimum Gasteiger partial charge on any atom is -0.497 e. The number of likely N-dealkylation sites (N-methyl/N-ethyl adjacent to an activating group) is 1. The first-order valence-electron chi connectivity index (χ1n) is 6.93. The third-order valence-corrected chi connectivity index (χ3v) is 2.84. The summed E-state index contributed by atoms with van der Waals surface area (Å²) < 4.78 is 10.7. The Kier molecular flexibility index (Phi) is 6.46. The van der Waals surface area contributed by atoms with Crippen LogP contribution >= 0.6 is 0 Å². The second-order valence-corrected chi connectivity index (χ2v) is 6.12. The summed E-state index contributed by atoms with van der Waals surface area (Å²) in [6.45, 7) is 7.69. The molecule has 1 N–H and O–H groups in total. The molecule has 20 heavy (non-hydrogen) atoms. The van der Waals surface area contributed by atoms with Gasteiger partial charge in [-0.3, -0.25) is 4.90 Å². The van der Waals surface area contributed by atoms with Crippen molar-refractivity contribution in [1.29, 1.82) is 0 Å². The van der Waals surface area contributed by atoms with Gasteiger partial charge in [-0.1, -0.05) is 12.1 Å². The number of rotatable bonds is 7. The minimum atomic E-state index is -0.475. The molecule has 0 fully saturated rings. The topological polar surface area (TPSA) is 41.9 Å². The highest BCUT2D eigenvalue weighted by Crippen LogP contribution is 2.13. The lowest BCUT2D eigenvalue weighted by atomic mass is 10.2. The van der Waals surface area contributed by atoms with Gasteiger partial charge in [0.15, 0.2) is 0 Å². The highest BCUT2D eigenvalue weighted by Gasteiger charge is 2.15. The van der Waals surface area contributed by atoms with E-state index in [0.717, 1.165) is 12.3 Å². The van der Waals surface area contributed by atoms with Crippen LogP contribution in [0.5, 0.6) is 5.75 Å². The van der Waals surface area contributed by atoms with Crippen molar-refractivity contribution in [2.45, 2.75) is 39.0 Å². The molecular formula is C16H27NO3. The molecule has 1 rings (SSSR count). The molecule has 0 saturated carbocycles. The summed E-state index contributed by atoms with van der Waals surface area (Å²) in [7, 11) is 3.65. The van der Waals surface area contributed by atoms with Crippen molar-refractivity contribution in [1.82, 2.24) is 4.90 Å². The molecular weight excluding hydrogens is 254 g/mol. The van der Waals surface area contributed by atoms with E-state index in [0.29, 0.717) is 13.2 Å². The molecule has 0 heterocycles. The molecule has 0 saturated heterocycles. The SMILES string of the molecule is COc1ccc(CN(C)CC(O)COC(C)(C)C)cc1. The number of ether oxygens (including phenoxy) is 2. The van der Waals surface area contributed by atoms with Crippen LogP contribution in [-0.2, 0) is 11.3 Å². The number of aliphatic hydroxyl groups is 1. The average molecular weight is 281 g/mol. The zero-order valence-electron chi connectivity index (χ0n) is 13.2. The van der Waals surface area contributed by atoms with Gasteiger partial charge in [0.1, 0.15) is 5.75 Å². The second-order valence-electron chi connectivity index (χ2n) is 6.12. The van der Waals surface area contributed by atoms with E-state index in [-0.39, 0.29) is 5.60 Å². The summed E-state index contributed by atoms with van der Waals surface area (Å²) in [5.74, 6) is 0.856. The van der Waals surface area contributed by atoms with Gasteiger partial charge < -0.3 is 14.6 Å². The predicted octanol–water partition coefficient (Wildman–Crippen LogP) is 2.30. The first kappa shape index (κ1) is 17.0. The fourth-order valence-electron chi connectivity index (χ4n) is 1.87. The van der Waals surface area contributed by atoms with Gasteiger partial charge in [0, 0.05) is 13.1 Å². The summed E-state index contributed by atoms with van der Waals surface area (Å²) in [5.41, 5.74) is 0.979. The quantitative estimate of drug-likeness (QED) is 0.833. The fourth-order valence-corrected chi connectivity index (χ4v) is 1.87. The third kappa shape index (κ3) is 6.89. The van der Waals surface area contributed by atoms with E-state index < -0.39 is 6.10 Å². The van der Waals surface area contributed by atoms with Crippen molar-refractivity contribution < 1.29 is 14.6 Å². The molecule has 0 amide bonds. The highest BCUT2D eigenvalue weighted by molar-refractivity contribution is 5.27. The zero-order valence-corrected chi connectivity index (χ0v) is 13.2. The van der Waals surface area contributed by atoms with E-state index in [2.05, 4.69) is 4.90 Å².